The maximum atomic E-state index is 5.62. The molecule has 4 nitrogen and oxygen atoms in total. The molecule has 1 radical (unpaired) electrons. The third-order valence-corrected chi connectivity index (χ3v) is 2.40. The minimum atomic E-state index is 0.265. The van der Waals surface area contributed by atoms with Crippen LogP contribution >= 0.6 is 0 Å². The fraction of sp³-hybridized carbons (Fsp3) is 1.00. The minimum absolute atomic E-state index is 0.265. The Labute approximate surface area is 73.3 Å². The summed E-state index contributed by atoms with van der Waals surface area (Å²) in [5, 5.41) is 7.67. The Bertz CT molecular complexity index is 114. The molecular formula is C8H16N3O. The van der Waals surface area contributed by atoms with Gasteiger partial charge in [0.2, 0.25) is 0 Å². The number of nitrogens with one attached hydrogen (secondary N) is 1. The van der Waals surface area contributed by atoms with Crippen LogP contribution in [0, 0.1) is 0 Å². The molecular weight excluding hydrogens is 154 g/mol. The molecule has 0 amide bonds. The molecule has 2 heterocycles. The molecule has 4 heteroatoms. The predicted octanol–water partition coefficient (Wildman–Crippen LogP) is -1.15. The Hall–Kier alpha value is -0.160. The molecule has 0 aromatic rings. The van der Waals surface area contributed by atoms with Gasteiger partial charge < -0.3 is 10.1 Å². The van der Waals surface area contributed by atoms with Gasteiger partial charge in [-0.2, -0.15) is 0 Å². The molecule has 0 aromatic carbocycles. The molecule has 2 fully saturated rings. The molecule has 2 rings (SSSR count). The van der Waals surface area contributed by atoms with Crippen molar-refractivity contribution in [2.24, 2.45) is 0 Å². The smallest absolute Gasteiger partial charge is 0.125 e. The van der Waals surface area contributed by atoms with Gasteiger partial charge in [-0.25, -0.2) is 5.32 Å². The van der Waals surface area contributed by atoms with Crippen LogP contribution in [0.25, 0.3) is 0 Å². The average Bonchev–Trinajstić information content (AvgIpc) is 2.21. The highest BCUT2D eigenvalue weighted by molar-refractivity contribution is 4.74. The fourth-order valence-corrected chi connectivity index (χ4v) is 1.70. The first kappa shape index (κ1) is 8.44. The zero-order valence-corrected chi connectivity index (χ0v) is 7.33. The topological polar surface area (TPSA) is 38.6 Å². The molecule has 0 saturated carbocycles. The van der Waals surface area contributed by atoms with Crippen LogP contribution in [0.5, 0.6) is 0 Å². The van der Waals surface area contributed by atoms with Gasteiger partial charge >= 0.3 is 0 Å². The molecule has 0 spiro atoms. The third-order valence-electron chi connectivity index (χ3n) is 2.40. The molecule has 1 atom stereocenters. The quantitative estimate of drug-likeness (QED) is 0.540. The standard InChI is InChI=1S/C8H16N3O/c1-4-11(5-2-9-1)8-7-10-3-6-12-8/h8-9H,1-7H2. The Kier molecular flexibility index (Phi) is 2.94. The van der Waals surface area contributed by atoms with E-state index in [1.165, 1.54) is 0 Å². The number of morpholine rings is 1. The first-order valence-corrected chi connectivity index (χ1v) is 4.66. The second kappa shape index (κ2) is 4.18. The molecule has 69 valence electrons. The fourth-order valence-electron chi connectivity index (χ4n) is 1.70. The van der Waals surface area contributed by atoms with Gasteiger partial charge in [-0.3, -0.25) is 4.90 Å². The average molecular weight is 170 g/mol. The van der Waals surface area contributed by atoms with Gasteiger partial charge in [0, 0.05) is 32.7 Å². The Morgan fingerprint density at radius 3 is 2.83 bits per heavy atom. The number of piperazine rings is 1. The summed E-state index contributed by atoms with van der Waals surface area (Å²) in [6.45, 7) is 6.90. The molecule has 2 aliphatic heterocycles. The van der Waals surface area contributed by atoms with Crippen LogP contribution in [0.2, 0.25) is 0 Å². The van der Waals surface area contributed by atoms with E-state index < -0.39 is 0 Å². The minimum Gasteiger partial charge on any atom is -0.360 e. The van der Waals surface area contributed by atoms with E-state index >= 15 is 0 Å². The van der Waals surface area contributed by atoms with Crippen LogP contribution in [-0.4, -0.2) is 57.0 Å². The second-order valence-corrected chi connectivity index (χ2v) is 3.24. The third kappa shape index (κ3) is 1.95. The van der Waals surface area contributed by atoms with Gasteiger partial charge in [0.05, 0.1) is 13.2 Å². The summed E-state index contributed by atoms with van der Waals surface area (Å²) in [6.07, 6.45) is 0.265. The van der Waals surface area contributed by atoms with Gasteiger partial charge in [-0.15, -0.1) is 0 Å². The van der Waals surface area contributed by atoms with Gasteiger partial charge in [0.15, 0.2) is 0 Å². The lowest BCUT2D eigenvalue weighted by molar-refractivity contribution is -0.0798. The Balaban J connectivity index is 1.80. The van der Waals surface area contributed by atoms with Crippen LogP contribution in [0.15, 0.2) is 0 Å². The molecule has 2 saturated heterocycles. The lowest BCUT2D eigenvalue weighted by Gasteiger charge is -2.36. The summed E-state index contributed by atoms with van der Waals surface area (Å²) in [4.78, 5) is 2.37. The molecule has 0 aromatic heterocycles. The van der Waals surface area contributed by atoms with Crippen molar-refractivity contribution in [3.8, 4) is 0 Å². The van der Waals surface area contributed by atoms with E-state index in [1.807, 2.05) is 0 Å². The maximum Gasteiger partial charge on any atom is 0.125 e. The van der Waals surface area contributed by atoms with E-state index in [9.17, 15) is 0 Å². The number of hydrogen-bond acceptors (Lipinski definition) is 3. The predicted molar refractivity (Wildman–Crippen MR) is 46.1 cm³/mol. The molecule has 2 aliphatic rings. The highest BCUT2D eigenvalue weighted by Crippen LogP contribution is 2.05. The van der Waals surface area contributed by atoms with E-state index in [2.05, 4.69) is 15.5 Å². The van der Waals surface area contributed by atoms with Gasteiger partial charge in [-0.05, 0) is 0 Å². The zero-order valence-electron chi connectivity index (χ0n) is 7.33. The van der Waals surface area contributed by atoms with Crippen molar-refractivity contribution in [1.82, 2.24) is 15.5 Å². The van der Waals surface area contributed by atoms with Crippen molar-refractivity contribution in [1.29, 1.82) is 0 Å². The van der Waals surface area contributed by atoms with E-state index in [-0.39, 0.29) is 6.23 Å². The highest BCUT2D eigenvalue weighted by atomic mass is 16.5. The highest BCUT2D eigenvalue weighted by Gasteiger charge is 2.22. The maximum absolute atomic E-state index is 5.62. The molecule has 1 unspecified atom stereocenters. The van der Waals surface area contributed by atoms with Gasteiger partial charge in [0.1, 0.15) is 6.23 Å². The van der Waals surface area contributed by atoms with E-state index in [4.69, 9.17) is 4.74 Å². The summed E-state index contributed by atoms with van der Waals surface area (Å²) < 4.78 is 5.62. The first-order valence-electron chi connectivity index (χ1n) is 4.66. The molecule has 1 N–H and O–H groups in total. The summed E-state index contributed by atoms with van der Waals surface area (Å²) in [5.41, 5.74) is 0. The zero-order chi connectivity index (χ0) is 8.23. The van der Waals surface area contributed by atoms with Crippen molar-refractivity contribution in [3.63, 3.8) is 0 Å². The van der Waals surface area contributed by atoms with Crippen LogP contribution < -0.4 is 10.6 Å². The molecule has 0 bridgehead atoms. The second-order valence-electron chi connectivity index (χ2n) is 3.24. The number of rotatable bonds is 1. The SMILES string of the molecule is C1COC(N2CCNCC2)C[N]1. The summed E-state index contributed by atoms with van der Waals surface area (Å²) in [5.74, 6) is 0. The van der Waals surface area contributed by atoms with Crippen molar-refractivity contribution < 1.29 is 4.74 Å². The first-order chi connectivity index (χ1) is 5.97. The normalized spacial score (nSPS) is 33.5. The van der Waals surface area contributed by atoms with Crippen molar-refractivity contribution >= 4 is 0 Å². The number of hydrogen-bond donors (Lipinski definition) is 1. The molecule has 12 heavy (non-hydrogen) atoms. The van der Waals surface area contributed by atoms with Gasteiger partial charge in [-0.1, -0.05) is 0 Å². The largest absolute Gasteiger partial charge is 0.360 e. The monoisotopic (exact) mass is 170 g/mol. The molecule has 0 aliphatic carbocycles. The lowest BCUT2D eigenvalue weighted by Crippen LogP contribution is -2.53. The van der Waals surface area contributed by atoms with E-state index in [0.29, 0.717) is 0 Å². The summed E-state index contributed by atoms with van der Waals surface area (Å²) in [7, 11) is 0. The lowest BCUT2D eigenvalue weighted by atomic mass is 10.3. The van der Waals surface area contributed by atoms with Gasteiger partial charge in [0.25, 0.3) is 0 Å². The van der Waals surface area contributed by atoms with Crippen LogP contribution in [0.4, 0.5) is 0 Å². The van der Waals surface area contributed by atoms with Crippen molar-refractivity contribution in [3.05, 3.63) is 0 Å². The Morgan fingerprint density at radius 2 is 2.17 bits per heavy atom. The van der Waals surface area contributed by atoms with Crippen molar-refractivity contribution in [2.45, 2.75) is 6.23 Å². The number of nitrogens with zero attached hydrogens (tertiary/aromatic N) is 2. The summed E-state index contributed by atoms with van der Waals surface area (Å²) in [6, 6.07) is 0. The van der Waals surface area contributed by atoms with Crippen LogP contribution in [0.3, 0.4) is 0 Å². The summed E-state index contributed by atoms with van der Waals surface area (Å²) >= 11 is 0. The van der Waals surface area contributed by atoms with Crippen molar-refractivity contribution in [2.75, 3.05) is 45.9 Å². The van der Waals surface area contributed by atoms with E-state index in [1.54, 1.807) is 0 Å². The number of ether oxygens (including phenoxy) is 1. The van der Waals surface area contributed by atoms with Crippen LogP contribution in [0.1, 0.15) is 0 Å². The van der Waals surface area contributed by atoms with E-state index in [0.717, 1.165) is 45.9 Å². The Morgan fingerprint density at radius 1 is 1.33 bits per heavy atom. The van der Waals surface area contributed by atoms with Crippen LogP contribution in [-0.2, 0) is 4.74 Å².